The van der Waals surface area contributed by atoms with Gasteiger partial charge in [0.15, 0.2) is 0 Å². The molecule has 0 aromatic carbocycles. The maximum Gasteiger partial charge on any atom is 0.203 e. The minimum Gasteiger partial charge on any atom is -0.351 e. The number of rotatable bonds is 3. The molecule has 2 rings (SSSR count). The number of anilines is 1. The molecule has 2 heterocycles. The fourth-order valence-electron chi connectivity index (χ4n) is 1.18. The first-order valence-electron chi connectivity index (χ1n) is 4.64. The van der Waals surface area contributed by atoms with Crippen molar-refractivity contribution >= 4 is 28.0 Å². The van der Waals surface area contributed by atoms with Crippen LogP contribution in [0.4, 0.5) is 5.13 Å². The largest absolute Gasteiger partial charge is 0.351 e. The molecule has 1 atom stereocenters. The van der Waals surface area contributed by atoms with E-state index in [1.54, 1.807) is 11.3 Å². The maximum atomic E-state index is 4.33. The van der Waals surface area contributed by atoms with E-state index in [1.165, 1.54) is 16.4 Å². The van der Waals surface area contributed by atoms with E-state index in [0.717, 1.165) is 16.0 Å². The molecule has 0 aliphatic heterocycles. The van der Waals surface area contributed by atoms with Crippen molar-refractivity contribution in [2.45, 2.75) is 26.8 Å². The molecular weight excluding hydrogens is 228 g/mol. The van der Waals surface area contributed by atoms with Crippen LogP contribution in [0.3, 0.4) is 0 Å². The van der Waals surface area contributed by atoms with Crippen LogP contribution in [-0.4, -0.2) is 14.3 Å². The zero-order valence-electron chi connectivity index (χ0n) is 8.81. The van der Waals surface area contributed by atoms with Crippen molar-refractivity contribution < 1.29 is 0 Å². The first-order chi connectivity index (χ1) is 7.15. The van der Waals surface area contributed by atoms with Crippen molar-refractivity contribution in [2.24, 2.45) is 0 Å². The molecule has 0 radical (unpaired) electrons. The number of thiazole rings is 1. The smallest absolute Gasteiger partial charge is 0.203 e. The summed E-state index contributed by atoms with van der Waals surface area (Å²) in [6, 6.07) is 0.191. The van der Waals surface area contributed by atoms with Gasteiger partial charge < -0.3 is 5.32 Å². The Balaban J connectivity index is 2.06. The van der Waals surface area contributed by atoms with Gasteiger partial charge in [-0.05, 0) is 20.8 Å². The average molecular weight is 240 g/mol. The number of hydrogen-bond donors (Lipinski definition) is 1. The molecule has 80 valence electrons. The van der Waals surface area contributed by atoms with Gasteiger partial charge in [-0.15, -0.1) is 11.3 Å². The normalized spacial score (nSPS) is 12.7. The summed E-state index contributed by atoms with van der Waals surface area (Å²) in [5.41, 5.74) is 0. The highest BCUT2D eigenvalue weighted by Crippen LogP contribution is 2.23. The van der Waals surface area contributed by atoms with Crippen LogP contribution in [0.25, 0.3) is 0 Å². The molecule has 0 fully saturated rings. The first-order valence-corrected chi connectivity index (χ1v) is 6.23. The number of hydrogen-bond acceptors (Lipinski definition) is 6. The maximum absolute atomic E-state index is 4.33. The topological polar surface area (TPSA) is 50.7 Å². The van der Waals surface area contributed by atoms with E-state index in [2.05, 4.69) is 33.5 Å². The van der Waals surface area contributed by atoms with Crippen LogP contribution < -0.4 is 5.32 Å². The molecule has 2 aromatic heterocycles. The van der Waals surface area contributed by atoms with Crippen LogP contribution in [-0.2, 0) is 0 Å². The quantitative estimate of drug-likeness (QED) is 0.896. The Bertz CT molecular complexity index is 448. The standard InChI is InChI=1S/C9H12N4S2/c1-5-4-10-8(14-5)6(2)11-9-12-7(3)13-15-9/h4,6H,1-3H3,(H,11,12,13). The van der Waals surface area contributed by atoms with Gasteiger partial charge in [-0.3, -0.25) is 0 Å². The summed E-state index contributed by atoms with van der Waals surface area (Å²) in [5, 5.41) is 5.22. The van der Waals surface area contributed by atoms with Gasteiger partial charge >= 0.3 is 0 Å². The molecule has 1 unspecified atom stereocenters. The molecular formula is C9H12N4S2. The Morgan fingerprint density at radius 1 is 1.40 bits per heavy atom. The fourth-order valence-corrected chi connectivity index (χ4v) is 2.61. The van der Waals surface area contributed by atoms with E-state index >= 15 is 0 Å². The molecule has 2 aromatic rings. The summed E-state index contributed by atoms with van der Waals surface area (Å²) in [5.74, 6) is 0.810. The highest BCUT2D eigenvalue weighted by atomic mass is 32.1. The summed E-state index contributed by atoms with van der Waals surface area (Å²) in [6.07, 6.45) is 1.89. The summed E-state index contributed by atoms with van der Waals surface area (Å²) < 4.78 is 4.12. The zero-order valence-corrected chi connectivity index (χ0v) is 10.4. The summed E-state index contributed by atoms with van der Waals surface area (Å²) in [6.45, 7) is 6.03. The second-order valence-electron chi connectivity index (χ2n) is 3.32. The lowest BCUT2D eigenvalue weighted by atomic mass is 10.4. The van der Waals surface area contributed by atoms with Crippen LogP contribution in [0, 0.1) is 13.8 Å². The van der Waals surface area contributed by atoms with Crippen molar-refractivity contribution in [1.29, 1.82) is 0 Å². The lowest BCUT2D eigenvalue weighted by Crippen LogP contribution is -2.05. The van der Waals surface area contributed by atoms with Gasteiger partial charge in [0.25, 0.3) is 0 Å². The second-order valence-corrected chi connectivity index (χ2v) is 5.34. The monoisotopic (exact) mass is 240 g/mol. The van der Waals surface area contributed by atoms with E-state index in [-0.39, 0.29) is 6.04 Å². The number of aryl methyl sites for hydroxylation is 2. The van der Waals surface area contributed by atoms with Crippen LogP contribution in [0.5, 0.6) is 0 Å². The Kier molecular flexibility index (Phi) is 2.97. The van der Waals surface area contributed by atoms with Crippen molar-refractivity contribution in [3.63, 3.8) is 0 Å². The highest BCUT2D eigenvalue weighted by Gasteiger charge is 2.11. The third-order valence-electron chi connectivity index (χ3n) is 1.88. The van der Waals surface area contributed by atoms with E-state index in [0.29, 0.717) is 0 Å². The fraction of sp³-hybridized carbons (Fsp3) is 0.444. The summed E-state index contributed by atoms with van der Waals surface area (Å²) in [4.78, 5) is 9.82. The van der Waals surface area contributed by atoms with Crippen LogP contribution in [0.1, 0.15) is 28.7 Å². The lowest BCUT2D eigenvalue weighted by Gasteiger charge is -2.08. The molecule has 0 bridgehead atoms. The third kappa shape index (κ3) is 2.51. The summed E-state index contributed by atoms with van der Waals surface area (Å²) >= 11 is 3.09. The Morgan fingerprint density at radius 2 is 2.20 bits per heavy atom. The molecule has 0 saturated carbocycles. The second kappa shape index (κ2) is 4.24. The lowest BCUT2D eigenvalue weighted by molar-refractivity contribution is 0.865. The Labute approximate surface area is 96.6 Å². The molecule has 4 nitrogen and oxygen atoms in total. The number of aromatic nitrogens is 3. The van der Waals surface area contributed by atoms with Gasteiger partial charge in [0, 0.05) is 22.6 Å². The van der Waals surface area contributed by atoms with E-state index < -0.39 is 0 Å². The van der Waals surface area contributed by atoms with Gasteiger partial charge in [-0.25, -0.2) is 9.97 Å². The zero-order chi connectivity index (χ0) is 10.8. The van der Waals surface area contributed by atoms with E-state index in [4.69, 9.17) is 0 Å². The molecule has 0 spiro atoms. The Morgan fingerprint density at radius 3 is 2.73 bits per heavy atom. The van der Waals surface area contributed by atoms with Gasteiger partial charge in [-0.1, -0.05) is 0 Å². The van der Waals surface area contributed by atoms with Crippen molar-refractivity contribution in [3.8, 4) is 0 Å². The molecule has 0 aliphatic carbocycles. The van der Waals surface area contributed by atoms with Crippen LogP contribution in [0.2, 0.25) is 0 Å². The van der Waals surface area contributed by atoms with Crippen molar-refractivity contribution in [2.75, 3.05) is 5.32 Å². The SMILES string of the molecule is Cc1nsc(NC(C)c2ncc(C)s2)n1. The van der Waals surface area contributed by atoms with E-state index in [1.807, 2.05) is 13.1 Å². The molecule has 1 N–H and O–H groups in total. The van der Waals surface area contributed by atoms with Crippen molar-refractivity contribution in [1.82, 2.24) is 14.3 Å². The predicted octanol–water partition coefficient (Wildman–Crippen LogP) is 2.78. The molecule has 6 heteroatoms. The predicted molar refractivity (Wildman–Crippen MR) is 63.5 cm³/mol. The number of nitrogens with one attached hydrogen (secondary N) is 1. The number of nitrogens with zero attached hydrogens (tertiary/aromatic N) is 3. The van der Waals surface area contributed by atoms with Crippen molar-refractivity contribution in [3.05, 3.63) is 21.9 Å². The third-order valence-corrected chi connectivity index (χ3v) is 3.71. The van der Waals surface area contributed by atoms with Crippen LogP contribution >= 0.6 is 22.9 Å². The van der Waals surface area contributed by atoms with Gasteiger partial charge in [0.05, 0.1) is 6.04 Å². The van der Waals surface area contributed by atoms with Gasteiger partial charge in [-0.2, -0.15) is 4.37 Å². The van der Waals surface area contributed by atoms with E-state index in [9.17, 15) is 0 Å². The minimum atomic E-state index is 0.191. The molecule has 0 saturated heterocycles. The first kappa shape index (κ1) is 10.5. The van der Waals surface area contributed by atoms with Crippen LogP contribution in [0.15, 0.2) is 6.20 Å². The molecule has 15 heavy (non-hydrogen) atoms. The minimum absolute atomic E-state index is 0.191. The molecule has 0 amide bonds. The average Bonchev–Trinajstić information content (AvgIpc) is 2.75. The van der Waals surface area contributed by atoms with Gasteiger partial charge in [0.2, 0.25) is 5.13 Å². The Hall–Kier alpha value is -1.01. The summed E-state index contributed by atoms with van der Waals surface area (Å²) in [7, 11) is 0. The van der Waals surface area contributed by atoms with Gasteiger partial charge in [0.1, 0.15) is 10.8 Å². The molecule has 0 aliphatic rings. The highest BCUT2D eigenvalue weighted by molar-refractivity contribution is 7.11.